The summed E-state index contributed by atoms with van der Waals surface area (Å²) >= 11 is 1.89. The van der Waals surface area contributed by atoms with Gasteiger partial charge in [-0.15, -0.1) is 0 Å². The number of hydrogen-bond donors (Lipinski definition) is 2. The molecule has 2 saturated carbocycles. The lowest BCUT2D eigenvalue weighted by Gasteiger charge is -2.31. The lowest BCUT2D eigenvalue weighted by Crippen LogP contribution is -2.33. The molecule has 0 radical (unpaired) electrons. The van der Waals surface area contributed by atoms with Gasteiger partial charge in [0.2, 0.25) is 0 Å². The molecule has 2 fully saturated rings. The molecule has 4 heteroatoms. The fourth-order valence-electron chi connectivity index (χ4n) is 3.86. The number of hydrogen-bond acceptors (Lipinski definition) is 4. The Hall–Kier alpha value is -0.870. The second-order valence-electron chi connectivity index (χ2n) is 8.98. The molecule has 3 nitrogen and oxygen atoms in total. The van der Waals surface area contributed by atoms with Gasteiger partial charge in [-0.05, 0) is 102 Å². The number of rotatable bonds is 7. The van der Waals surface area contributed by atoms with Gasteiger partial charge in [0.15, 0.2) is 0 Å². The minimum atomic E-state index is 0.298. The molecule has 2 aliphatic rings. The van der Waals surface area contributed by atoms with Crippen molar-refractivity contribution >= 4 is 17.6 Å². The van der Waals surface area contributed by atoms with Gasteiger partial charge in [0.05, 0.1) is 6.10 Å². The van der Waals surface area contributed by atoms with Crippen LogP contribution in [-0.4, -0.2) is 23.4 Å². The van der Waals surface area contributed by atoms with E-state index >= 15 is 0 Å². The van der Waals surface area contributed by atoms with Crippen LogP contribution in [0.25, 0.3) is 0 Å². The van der Waals surface area contributed by atoms with Crippen molar-refractivity contribution < 1.29 is 4.74 Å². The summed E-state index contributed by atoms with van der Waals surface area (Å²) in [4.78, 5) is 0. The van der Waals surface area contributed by atoms with E-state index in [9.17, 15) is 0 Å². The van der Waals surface area contributed by atoms with Crippen LogP contribution in [0.5, 0.6) is 5.75 Å². The minimum Gasteiger partial charge on any atom is -0.490 e. The van der Waals surface area contributed by atoms with Gasteiger partial charge in [0.25, 0.3) is 0 Å². The van der Waals surface area contributed by atoms with Crippen LogP contribution >= 0.6 is 11.9 Å². The molecule has 2 N–H and O–H groups in total. The number of anilines is 1. The van der Waals surface area contributed by atoms with Gasteiger partial charge in [-0.1, -0.05) is 11.9 Å². The third-order valence-electron chi connectivity index (χ3n) is 5.43. The standard InChI is InChI=1S/C22H36N2OS/c1-22(2,3)26-24-19-10-8-17(9-11-19)16-23-18-12-14-21(15-13-18)25-20-6-4-5-7-20/h12-15,17,19-20,23-24H,4-11,16H2,1-3H3/t17-,19-. The smallest absolute Gasteiger partial charge is 0.119 e. The van der Waals surface area contributed by atoms with Crippen molar-refractivity contribution in [3.05, 3.63) is 24.3 Å². The predicted octanol–water partition coefficient (Wildman–Crippen LogP) is 6.02. The van der Waals surface area contributed by atoms with Crippen LogP contribution in [0.4, 0.5) is 5.69 Å². The Kier molecular flexibility index (Phi) is 7.16. The molecule has 0 atom stereocenters. The largest absolute Gasteiger partial charge is 0.490 e. The first-order chi connectivity index (χ1) is 12.5. The number of benzene rings is 1. The minimum absolute atomic E-state index is 0.298. The van der Waals surface area contributed by atoms with E-state index in [1.165, 1.54) is 57.1 Å². The predicted molar refractivity (Wildman–Crippen MR) is 114 cm³/mol. The van der Waals surface area contributed by atoms with E-state index in [2.05, 4.69) is 55.1 Å². The average molecular weight is 377 g/mol. The highest BCUT2D eigenvalue weighted by atomic mass is 32.2. The van der Waals surface area contributed by atoms with E-state index in [0.29, 0.717) is 16.9 Å². The van der Waals surface area contributed by atoms with Gasteiger partial charge in [0.1, 0.15) is 5.75 Å². The van der Waals surface area contributed by atoms with E-state index in [1.54, 1.807) is 0 Å². The lowest BCUT2D eigenvalue weighted by atomic mass is 9.86. The number of ether oxygens (including phenoxy) is 1. The Bertz CT molecular complexity index is 526. The monoisotopic (exact) mass is 376 g/mol. The lowest BCUT2D eigenvalue weighted by molar-refractivity contribution is 0.210. The van der Waals surface area contributed by atoms with Crippen molar-refractivity contribution in [1.29, 1.82) is 0 Å². The molecular weight excluding hydrogens is 340 g/mol. The van der Waals surface area contributed by atoms with Crippen LogP contribution in [0.2, 0.25) is 0 Å². The summed E-state index contributed by atoms with van der Waals surface area (Å²) in [6.07, 6.45) is 10.7. The molecule has 0 aromatic heterocycles. The van der Waals surface area contributed by atoms with Crippen LogP contribution in [-0.2, 0) is 0 Å². The molecule has 0 saturated heterocycles. The third-order valence-corrected chi connectivity index (χ3v) is 6.50. The van der Waals surface area contributed by atoms with E-state index in [4.69, 9.17) is 4.74 Å². The van der Waals surface area contributed by atoms with Gasteiger partial charge in [-0.25, -0.2) is 0 Å². The zero-order chi connectivity index (χ0) is 18.4. The molecule has 0 bridgehead atoms. The Morgan fingerprint density at radius 1 is 0.962 bits per heavy atom. The van der Waals surface area contributed by atoms with Gasteiger partial charge in [-0.3, -0.25) is 4.72 Å². The van der Waals surface area contributed by atoms with Crippen molar-refractivity contribution in [2.24, 2.45) is 5.92 Å². The van der Waals surface area contributed by atoms with Crippen LogP contribution in [0.15, 0.2) is 24.3 Å². The fourth-order valence-corrected chi connectivity index (χ4v) is 4.61. The summed E-state index contributed by atoms with van der Waals surface area (Å²) in [5, 5.41) is 3.63. The summed E-state index contributed by atoms with van der Waals surface area (Å²) in [6.45, 7) is 7.89. The maximum absolute atomic E-state index is 6.05. The summed E-state index contributed by atoms with van der Waals surface area (Å²) in [7, 11) is 0. The van der Waals surface area contributed by atoms with E-state index < -0.39 is 0 Å². The van der Waals surface area contributed by atoms with E-state index in [0.717, 1.165) is 18.2 Å². The van der Waals surface area contributed by atoms with Crippen molar-refractivity contribution in [2.75, 3.05) is 11.9 Å². The van der Waals surface area contributed by atoms with Crippen LogP contribution < -0.4 is 14.8 Å². The SMILES string of the molecule is CC(C)(C)SN[C@H]1CC[C@H](CNc2ccc(OC3CCCC3)cc2)CC1. The Labute approximate surface area is 164 Å². The Morgan fingerprint density at radius 2 is 1.62 bits per heavy atom. The van der Waals surface area contributed by atoms with Crippen LogP contribution in [0, 0.1) is 5.92 Å². The van der Waals surface area contributed by atoms with Gasteiger partial charge >= 0.3 is 0 Å². The Morgan fingerprint density at radius 3 is 2.23 bits per heavy atom. The van der Waals surface area contributed by atoms with E-state index in [-0.39, 0.29) is 0 Å². The van der Waals surface area contributed by atoms with Gasteiger partial charge < -0.3 is 10.1 Å². The zero-order valence-corrected chi connectivity index (χ0v) is 17.5. The van der Waals surface area contributed by atoms with Crippen molar-refractivity contribution in [3.63, 3.8) is 0 Å². The van der Waals surface area contributed by atoms with Gasteiger partial charge in [-0.2, -0.15) is 0 Å². The molecule has 1 aromatic carbocycles. The quantitative estimate of drug-likeness (QED) is 0.571. The Balaban J connectivity index is 1.34. The maximum atomic E-state index is 6.05. The molecule has 0 amide bonds. The zero-order valence-electron chi connectivity index (χ0n) is 16.7. The second kappa shape index (κ2) is 9.36. The molecule has 2 aliphatic carbocycles. The normalized spacial score (nSPS) is 24.6. The summed E-state index contributed by atoms with van der Waals surface area (Å²) in [5.41, 5.74) is 1.22. The first-order valence-corrected chi connectivity index (χ1v) is 11.2. The van der Waals surface area contributed by atoms with Crippen molar-refractivity contribution in [2.45, 2.75) is 89.0 Å². The fraction of sp³-hybridized carbons (Fsp3) is 0.727. The molecule has 0 spiro atoms. The van der Waals surface area contributed by atoms with Gasteiger partial charge in [0, 0.05) is 23.0 Å². The first-order valence-electron chi connectivity index (χ1n) is 10.4. The average Bonchev–Trinajstić information content (AvgIpc) is 3.13. The molecule has 0 heterocycles. The molecule has 26 heavy (non-hydrogen) atoms. The first kappa shape index (κ1) is 19.9. The molecule has 1 aromatic rings. The number of nitrogens with one attached hydrogen (secondary N) is 2. The maximum Gasteiger partial charge on any atom is 0.119 e. The molecule has 3 rings (SSSR count). The highest BCUT2D eigenvalue weighted by Gasteiger charge is 2.22. The molecule has 146 valence electrons. The van der Waals surface area contributed by atoms with Crippen LogP contribution in [0.1, 0.15) is 72.1 Å². The molecule has 0 aliphatic heterocycles. The summed E-state index contributed by atoms with van der Waals surface area (Å²) < 4.78 is 10.0. The van der Waals surface area contributed by atoms with Crippen molar-refractivity contribution in [3.8, 4) is 5.75 Å². The third kappa shape index (κ3) is 6.70. The van der Waals surface area contributed by atoms with Crippen molar-refractivity contribution in [1.82, 2.24) is 4.72 Å². The summed E-state index contributed by atoms with van der Waals surface area (Å²) in [5.74, 6) is 1.81. The topological polar surface area (TPSA) is 33.3 Å². The van der Waals surface area contributed by atoms with Crippen LogP contribution in [0.3, 0.4) is 0 Å². The molecular formula is C22H36N2OS. The van der Waals surface area contributed by atoms with E-state index in [1.807, 2.05) is 11.9 Å². The summed E-state index contributed by atoms with van der Waals surface area (Å²) in [6, 6.07) is 9.24. The second-order valence-corrected chi connectivity index (χ2v) is 10.6. The highest BCUT2D eigenvalue weighted by Crippen LogP contribution is 2.29. The highest BCUT2D eigenvalue weighted by molar-refractivity contribution is 7.98. The molecule has 0 unspecified atom stereocenters.